The lowest BCUT2D eigenvalue weighted by molar-refractivity contribution is 0.516. The molecule has 0 saturated carbocycles. The molecule has 0 fully saturated rings. The van der Waals surface area contributed by atoms with Gasteiger partial charge in [0, 0.05) is 25.0 Å². The number of aryl methyl sites for hydroxylation is 1. The summed E-state index contributed by atoms with van der Waals surface area (Å²) >= 11 is 0. The van der Waals surface area contributed by atoms with Crippen molar-refractivity contribution in [2.45, 2.75) is 84.7 Å². The third-order valence-corrected chi connectivity index (χ3v) is 3.68. The van der Waals surface area contributed by atoms with E-state index in [4.69, 9.17) is 0 Å². The molecular weight excluding hydrogens is 236 g/mol. The number of imidazole rings is 1. The SMILES string of the molecule is CCCCCCCCCCn1ccn(C(C)C)c1=O. The van der Waals surface area contributed by atoms with Gasteiger partial charge in [-0.3, -0.25) is 9.13 Å². The van der Waals surface area contributed by atoms with Crippen molar-refractivity contribution in [2.75, 3.05) is 0 Å². The largest absolute Gasteiger partial charge is 0.328 e. The fourth-order valence-corrected chi connectivity index (χ4v) is 2.41. The first-order valence-electron chi connectivity index (χ1n) is 7.94. The molecule has 1 rings (SSSR count). The zero-order valence-electron chi connectivity index (χ0n) is 12.9. The summed E-state index contributed by atoms with van der Waals surface area (Å²) in [6, 6.07) is 0.257. The van der Waals surface area contributed by atoms with Crippen LogP contribution in [0.2, 0.25) is 0 Å². The first-order chi connectivity index (χ1) is 9.16. The fourth-order valence-electron chi connectivity index (χ4n) is 2.41. The van der Waals surface area contributed by atoms with E-state index < -0.39 is 0 Å². The van der Waals surface area contributed by atoms with E-state index in [9.17, 15) is 4.79 Å². The van der Waals surface area contributed by atoms with E-state index in [-0.39, 0.29) is 11.7 Å². The maximum absolute atomic E-state index is 12.0. The van der Waals surface area contributed by atoms with E-state index in [1.807, 2.05) is 30.8 Å². The van der Waals surface area contributed by atoms with Crippen LogP contribution in [0.4, 0.5) is 0 Å². The highest BCUT2D eigenvalue weighted by molar-refractivity contribution is 4.83. The van der Waals surface area contributed by atoms with Gasteiger partial charge in [0.1, 0.15) is 0 Å². The molecule has 0 spiro atoms. The number of aromatic nitrogens is 2. The molecule has 0 unspecified atom stereocenters. The lowest BCUT2D eigenvalue weighted by atomic mass is 10.1. The molecule has 19 heavy (non-hydrogen) atoms. The van der Waals surface area contributed by atoms with Crippen molar-refractivity contribution in [3.05, 3.63) is 22.9 Å². The second-order valence-corrected chi connectivity index (χ2v) is 5.75. The van der Waals surface area contributed by atoms with Crippen LogP contribution in [0.3, 0.4) is 0 Å². The van der Waals surface area contributed by atoms with Crippen LogP contribution in [0.15, 0.2) is 17.2 Å². The minimum absolute atomic E-state index is 0.137. The average molecular weight is 266 g/mol. The summed E-state index contributed by atoms with van der Waals surface area (Å²) in [5, 5.41) is 0. The van der Waals surface area contributed by atoms with E-state index in [0.717, 1.165) is 13.0 Å². The Balaban J connectivity index is 2.14. The molecule has 0 aliphatic carbocycles. The Morgan fingerprint density at radius 2 is 1.53 bits per heavy atom. The maximum Gasteiger partial charge on any atom is 0.328 e. The van der Waals surface area contributed by atoms with Crippen molar-refractivity contribution in [1.29, 1.82) is 0 Å². The zero-order chi connectivity index (χ0) is 14.1. The molecule has 0 N–H and O–H groups in total. The van der Waals surface area contributed by atoms with Crippen molar-refractivity contribution in [2.24, 2.45) is 0 Å². The van der Waals surface area contributed by atoms with Gasteiger partial charge in [-0.1, -0.05) is 51.9 Å². The van der Waals surface area contributed by atoms with Crippen molar-refractivity contribution >= 4 is 0 Å². The minimum atomic E-state index is 0.137. The number of rotatable bonds is 10. The average Bonchev–Trinajstić information content (AvgIpc) is 2.74. The van der Waals surface area contributed by atoms with Crippen molar-refractivity contribution in [3.8, 4) is 0 Å². The number of hydrogen-bond acceptors (Lipinski definition) is 1. The van der Waals surface area contributed by atoms with E-state index in [1.54, 1.807) is 4.57 Å². The molecule has 0 aliphatic heterocycles. The van der Waals surface area contributed by atoms with Crippen LogP contribution in [0, 0.1) is 0 Å². The molecule has 110 valence electrons. The Kier molecular flexibility index (Phi) is 7.61. The normalized spacial score (nSPS) is 11.4. The van der Waals surface area contributed by atoms with Crippen molar-refractivity contribution in [3.63, 3.8) is 0 Å². The molecule has 0 radical (unpaired) electrons. The first-order valence-corrected chi connectivity index (χ1v) is 7.94. The van der Waals surface area contributed by atoms with Gasteiger partial charge in [0.05, 0.1) is 0 Å². The molecular formula is C16H30N2O. The highest BCUT2D eigenvalue weighted by Gasteiger charge is 2.05. The molecule has 0 bridgehead atoms. The quantitative estimate of drug-likeness (QED) is 0.578. The second-order valence-electron chi connectivity index (χ2n) is 5.75. The van der Waals surface area contributed by atoms with Gasteiger partial charge in [-0.05, 0) is 20.3 Å². The molecule has 1 heterocycles. The summed E-state index contributed by atoms with van der Waals surface area (Å²) in [5.41, 5.74) is 0.137. The van der Waals surface area contributed by atoms with E-state index >= 15 is 0 Å². The van der Waals surface area contributed by atoms with Crippen LogP contribution in [0.1, 0.15) is 78.2 Å². The predicted molar refractivity (Wildman–Crippen MR) is 81.7 cm³/mol. The highest BCUT2D eigenvalue weighted by Crippen LogP contribution is 2.09. The fraction of sp³-hybridized carbons (Fsp3) is 0.812. The van der Waals surface area contributed by atoms with Crippen LogP contribution in [-0.2, 0) is 6.54 Å². The lowest BCUT2D eigenvalue weighted by Crippen LogP contribution is -2.25. The standard InChI is InChI=1S/C16H30N2O/c1-4-5-6-7-8-9-10-11-12-17-13-14-18(15(2)3)16(17)19/h13-15H,4-12H2,1-3H3. The highest BCUT2D eigenvalue weighted by atomic mass is 16.1. The summed E-state index contributed by atoms with van der Waals surface area (Å²) in [6.45, 7) is 7.21. The summed E-state index contributed by atoms with van der Waals surface area (Å²) in [4.78, 5) is 12.0. The molecule has 3 heteroatoms. The second kappa shape index (κ2) is 9.00. The molecule has 0 amide bonds. The minimum Gasteiger partial charge on any atom is -0.299 e. The van der Waals surface area contributed by atoms with E-state index in [1.165, 1.54) is 44.9 Å². The van der Waals surface area contributed by atoms with Gasteiger partial charge >= 0.3 is 5.69 Å². The molecule has 1 aromatic heterocycles. The van der Waals surface area contributed by atoms with Crippen LogP contribution in [0.25, 0.3) is 0 Å². The third kappa shape index (κ3) is 5.66. The number of nitrogens with zero attached hydrogens (tertiary/aromatic N) is 2. The molecule has 0 aromatic carbocycles. The number of unbranched alkanes of at least 4 members (excludes halogenated alkanes) is 7. The third-order valence-electron chi connectivity index (χ3n) is 3.68. The van der Waals surface area contributed by atoms with Crippen LogP contribution in [-0.4, -0.2) is 9.13 Å². The molecule has 0 aliphatic rings. The van der Waals surface area contributed by atoms with Gasteiger partial charge in [0.25, 0.3) is 0 Å². The molecule has 3 nitrogen and oxygen atoms in total. The molecule has 0 atom stereocenters. The number of hydrogen-bond donors (Lipinski definition) is 0. The van der Waals surface area contributed by atoms with Crippen molar-refractivity contribution in [1.82, 2.24) is 9.13 Å². The van der Waals surface area contributed by atoms with Gasteiger partial charge in [-0.15, -0.1) is 0 Å². The molecule has 0 saturated heterocycles. The Morgan fingerprint density at radius 3 is 2.05 bits per heavy atom. The van der Waals surface area contributed by atoms with Gasteiger partial charge in [0.2, 0.25) is 0 Å². The van der Waals surface area contributed by atoms with E-state index in [0.29, 0.717) is 0 Å². The van der Waals surface area contributed by atoms with Crippen LogP contribution >= 0.6 is 0 Å². The summed E-state index contributed by atoms with van der Waals surface area (Å²) < 4.78 is 3.64. The maximum atomic E-state index is 12.0. The Hall–Kier alpha value is -0.990. The van der Waals surface area contributed by atoms with Gasteiger partial charge < -0.3 is 0 Å². The monoisotopic (exact) mass is 266 g/mol. The van der Waals surface area contributed by atoms with E-state index in [2.05, 4.69) is 6.92 Å². The summed E-state index contributed by atoms with van der Waals surface area (Å²) in [5.74, 6) is 0. The van der Waals surface area contributed by atoms with Crippen LogP contribution in [0.5, 0.6) is 0 Å². The van der Waals surface area contributed by atoms with Gasteiger partial charge in [0.15, 0.2) is 0 Å². The van der Waals surface area contributed by atoms with Gasteiger partial charge in [-0.25, -0.2) is 4.79 Å². The lowest BCUT2D eigenvalue weighted by Gasteiger charge is -2.05. The Labute approximate surface area is 117 Å². The predicted octanol–water partition coefficient (Wildman–Crippen LogP) is 4.37. The smallest absolute Gasteiger partial charge is 0.299 e. The summed E-state index contributed by atoms with van der Waals surface area (Å²) in [6.07, 6.45) is 14.3. The Morgan fingerprint density at radius 1 is 0.947 bits per heavy atom. The Bertz CT molecular complexity index is 390. The van der Waals surface area contributed by atoms with Gasteiger partial charge in [-0.2, -0.15) is 0 Å². The molecule has 1 aromatic rings. The van der Waals surface area contributed by atoms with Crippen LogP contribution < -0.4 is 5.69 Å². The zero-order valence-corrected chi connectivity index (χ0v) is 12.9. The topological polar surface area (TPSA) is 26.9 Å². The first kappa shape index (κ1) is 16.1. The summed E-state index contributed by atoms with van der Waals surface area (Å²) in [7, 11) is 0. The van der Waals surface area contributed by atoms with Crippen molar-refractivity contribution < 1.29 is 0 Å².